The largest absolute Gasteiger partial charge is 0.870 e. The maximum atomic E-state index is 13.1. The van der Waals surface area contributed by atoms with E-state index in [4.69, 9.17) is 9.47 Å². The third-order valence-corrected chi connectivity index (χ3v) is 6.60. The first-order chi connectivity index (χ1) is 15.9. The fourth-order valence-electron chi connectivity index (χ4n) is 4.26. The van der Waals surface area contributed by atoms with Gasteiger partial charge in [-0.25, -0.2) is 0 Å². The van der Waals surface area contributed by atoms with Gasteiger partial charge in [0.25, 0.3) is 11.7 Å². The van der Waals surface area contributed by atoms with E-state index >= 15 is 0 Å². The van der Waals surface area contributed by atoms with Gasteiger partial charge in [0.2, 0.25) is 0 Å². The molecule has 9 heteroatoms. The monoisotopic (exact) mass is 516 g/mol. The normalized spacial score (nSPS) is 20.9. The van der Waals surface area contributed by atoms with Crippen molar-refractivity contribution in [3.63, 3.8) is 0 Å². The Bertz CT molecular complexity index is 1080. The molecule has 0 aliphatic carbocycles. The van der Waals surface area contributed by atoms with Gasteiger partial charge in [0.1, 0.15) is 24.6 Å². The van der Waals surface area contributed by atoms with Crippen LogP contribution in [0.1, 0.15) is 17.2 Å². The van der Waals surface area contributed by atoms with Crippen molar-refractivity contribution >= 4 is 33.4 Å². The SMILES string of the molecule is COc1cc(C2C(=C(O)c3ccc(Br)cc3)C(=O)C(=O)N2CC[NH+]2CCOCC2)ccc1[O-]. The molecule has 2 aromatic carbocycles. The summed E-state index contributed by atoms with van der Waals surface area (Å²) in [7, 11) is 1.39. The first-order valence-electron chi connectivity index (χ1n) is 10.7. The smallest absolute Gasteiger partial charge is 0.295 e. The molecule has 174 valence electrons. The minimum absolute atomic E-state index is 0.00000184. The lowest BCUT2D eigenvalue weighted by Crippen LogP contribution is -3.14. The summed E-state index contributed by atoms with van der Waals surface area (Å²) in [5.74, 6) is -1.86. The third kappa shape index (κ3) is 4.75. The standard InChI is InChI=1S/C24H25BrN2O6/c1-32-19-14-16(4-7-18(19)28)21-20(22(29)15-2-5-17(25)6-3-15)23(30)24(31)27(21)9-8-26-10-12-33-13-11-26/h2-7,14,21,28-29H,8-13H2,1H3. The van der Waals surface area contributed by atoms with Crippen molar-refractivity contribution in [3.8, 4) is 11.5 Å². The summed E-state index contributed by atoms with van der Waals surface area (Å²) in [5.41, 5.74) is 0.953. The number of hydrogen-bond donors (Lipinski definition) is 2. The molecule has 2 aliphatic heterocycles. The molecule has 0 spiro atoms. The number of carbonyl (C=O) groups excluding carboxylic acids is 2. The van der Waals surface area contributed by atoms with Gasteiger partial charge in [-0.05, 0) is 23.8 Å². The predicted molar refractivity (Wildman–Crippen MR) is 122 cm³/mol. The number of halogens is 1. The summed E-state index contributed by atoms with van der Waals surface area (Å²) in [6.07, 6.45) is 0. The van der Waals surface area contributed by atoms with Crippen LogP contribution in [0.3, 0.4) is 0 Å². The number of nitrogens with one attached hydrogen (secondary N) is 1. The molecule has 1 amide bonds. The van der Waals surface area contributed by atoms with Crippen molar-refractivity contribution < 1.29 is 34.2 Å². The Balaban J connectivity index is 1.76. The molecule has 2 saturated heterocycles. The Hall–Kier alpha value is -2.88. The second-order valence-corrected chi connectivity index (χ2v) is 8.94. The molecular weight excluding hydrogens is 492 g/mol. The lowest BCUT2D eigenvalue weighted by Gasteiger charge is -2.29. The van der Waals surface area contributed by atoms with Crippen LogP contribution in [0.4, 0.5) is 0 Å². The van der Waals surface area contributed by atoms with E-state index in [1.807, 2.05) is 0 Å². The first kappa shape index (κ1) is 23.3. The fourth-order valence-corrected chi connectivity index (χ4v) is 4.53. The van der Waals surface area contributed by atoms with Crippen LogP contribution < -0.4 is 14.7 Å². The molecule has 0 bridgehead atoms. The molecule has 0 aromatic heterocycles. The zero-order valence-corrected chi connectivity index (χ0v) is 19.8. The van der Waals surface area contributed by atoms with Crippen molar-refractivity contribution in [3.05, 3.63) is 63.6 Å². The predicted octanol–water partition coefficient (Wildman–Crippen LogP) is 0.868. The van der Waals surface area contributed by atoms with Crippen LogP contribution >= 0.6 is 15.9 Å². The van der Waals surface area contributed by atoms with E-state index in [2.05, 4.69) is 15.9 Å². The van der Waals surface area contributed by atoms with Crippen LogP contribution in [-0.2, 0) is 14.3 Å². The number of methoxy groups -OCH3 is 1. The molecule has 33 heavy (non-hydrogen) atoms. The van der Waals surface area contributed by atoms with Gasteiger partial charge in [-0.1, -0.05) is 45.9 Å². The van der Waals surface area contributed by atoms with Gasteiger partial charge in [0.15, 0.2) is 0 Å². The molecule has 0 radical (unpaired) electrons. The lowest BCUT2D eigenvalue weighted by atomic mass is 9.95. The van der Waals surface area contributed by atoms with Crippen LogP contribution in [0.15, 0.2) is 52.5 Å². The van der Waals surface area contributed by atoms with Crippen molar-refractivity contribution in [2.45, 2.75) is 6.04 Å². The van der Waals surface area contributed by atoms with Crippen LogP contribution in [-0.4, -0.2) is 68.2 Å². The number of ketones is 1. The summed E-state index contributed by atoms with van der Waals surface area (Å²) in [4.78, 5) is 29.0. The van der Waals surface area contributed by atoms with Crippen molar-refractivity contribution in [2.75, 3.05) is 46.5 Å². The van der Waals surface area contributed by atoms with E-state index in [0.717, 1.165) is 17.6 Å². The summed E-state index contributed by atoms with van der Waals surface area (Å²) < 4.78 is 11.4. The van der Waals surface area contributed by atoms with Gasteiger partial charge in [0, 0.05) is 10.0 Å². The second-order valence-electron chi connectivity index (χ2n) is 8.02. The van der Waals surface area contributed by atoms with Crippen molar-refractivity contribution in [1.82, 2.24) is 4.90 Å². The van der Waals surface area contributed by atoms with Crippen LogP contribution in [0, 0.1) is 0 Å². The maximum Gasteiger partial charge on any atom is 0.295 e. The molecule has 2 aromatic rings. The zero-order chi connectivity index (χ0) is 23.5. The van der Waals surface area contributed by atoms with Gasteiger partial charge in [-0.15, -0.1) is 0 Å². The number of hydrogen-bond acceptors (Lipinski definition) is 6. The first-order valence-corrected chi connectivity index (χ1v) is 11.5. The molecular formula is C24H25BrN2O6. The van der Waals surface area contributed by atoms with Crippen LogP contribution in [0.25, 0.3) is 5.76 Å². The van der Waals surface area contributed by atoms with E-state index in [0.29, 0.717) is 37.4 Å². The molecule has 2 aliphatic rings. The molecule has 2 fully saturated rings. The number of rotatable bonds is 6. The van der Waals surface area contributed by atoms with E-state index in [1.54, 1.807) is 30.3 Å². The number of ether oxygens (including phenoxy) is 2. The number of aliphatic hydroxyl groups excluding tert-OH is 1. The van der Waals surface area contributed by atoms with Gasteiger partial charge in [-0.2, -0.15) is 0 Å². The number of quaternary nitrogens is 1. The highest BCUT2D eigenvalue weighted by atomic mass is 79.9. The molecule has 1 unspecified atom stereocenters. The highest BCUT2D eigenvalue weighted by Crippen LogP contribution is 2.41. The summed E-state index contributed by atoms with van der Waals surface area (Å²) in [5, 5.41) is 23.2. The Morgan fingerprint density at radius 2 is 1.91 bits per heavy atom. The van der Waals surface area contributed by atoms with Gasteiger partial charge in [-0.3, -0.25) is 9.59 Å². The third-order valence-electron chi connectivity index (χ3n) is 6.07. The molecule has 4 rings (SSSR count). The molecule has 2 N–H and O–H groups in total. The Morgan fingerprint density at radius 3 is 2.58 bits per heavy atom. The Labute approximate surface area is 200 Å². The molecule has 2 heterocycles. The number of nitrogens with zero attached hydrogens (tertiary/aromatic N) is 1. The average Bonchev–Trinajstić information content (AvgIpc) is 3.08. The lowest BCUT2D eigenvalue weighted by molar-refractivity contribution is -0.907. The number of amides is 1. The summed E-state index contributed by atoms with van der Waals surface area (Å²) >= 11 is 3.36. The molecule has 0 saturated carbocycles. The molecule has 1 atom stereocenters. The summed E-state index contributed by atoms with van der Waals surface area (Å²) in [6, 6.07) is 10.5. The minimum Gasteiger partial charge on any atom is -0.870 e. The quantitative estimate of drug-likeness (QED) is 0.335. The number of benzene rings is 2. The number of likely N-dealkylation sites (tertiary alicyclic amines) is 1. The highest BCUT2D eigenvalue weighted by molar-refractivity contribution is 9.10. The van der Waals surface area contributed by atoms with Crippen molar-refractivity contribution in [1.29, 1.82) is 0 Å². The fraction of sp³-hybridized carbons (Fsp3) is 0.333. The van der Waals surface area contributed by atoms with Crippen LogP contribution in [0.2, 0.25) is 0 Å². The summed E-state index contributed by atoms with van der Waals surface area (Å²) in [6.45, 7) is 3.93. The minimum atomic E-state index is -0.830. The van der Waals surface area contributed by atoms with E-state index < -0.39 is 17.7 Å². The average molecular weight is 517 g/mol. The Kier molecular flexibility index (Phi) is 7.02. The zero-order valence-electron chi connectivity index (χ0n) is 18.2. The van der Waals surface area contributed by atoms with Crippen LogP contribution in [0.5, 0.6) is 11.5 Å². The number of Topliss-reactive ketones (excluding diaryl/α,β-unsaturated/α-hetero) is 1. The van der Waals surface area contributed by atoms with Crippen molar-refractivity contribution in [2.24, 2.45) is 0 Å². The number of carbonyl (C=O) groups is 2. The van der Waals surface area contributed by atoms with E-state index in [-0.39, 0.29) is 22.8 Å². The Morgan fingerprint density at radius 1 is 1.21 bits per heavy atom. The number of morpholine rings is 1. The number of aliphatic hydroxyl groups is 1. The van der Waals surface area contributed by atoms with E-state index in [1.165, 1.54) is 29.0 Å². The van der Waals surface area contributed by atoms with E-state index in [9.17, 15) is 19.8 Å². The second kappa shape index (κ2) is 9.94. The molecule has 8 nitrogen and oxygen atoms in total. The van der Waals surface area contributed by atoms with Gasteiger partial charge in [0.05, 0.1) is 45.0 Å². The topological polar surface area (TPSA) is 104 Å². The van der Waals surface area contributed by atoms with Gasteiger partial charge >= 0.3 is 0 Å². The highest BCUT2D eigenvalue weighted by Gasteiger charge is 2.46. The maximum absolute atomic E-state index is 13.1. The van der Waals surface area contributed by atoms with Gasteiger partial charge < -0.3 is 29.5 Å².